The van der Waals surface area contributed by atoms with Crippen molar-refractivity contribution in [3.8, 4) is 11.4 Å². The number of carbonyl (C=O) groups excluding carboxylic acids is 1. The number of amides is 1. The minimum Gasteiger partial charge on any atom is -0.497 e. The number of hydrogen-bond acceptors (Lipinski definition) is 4. The zero-order valence-electron chi connectivity index (χ0n) is 16.5. The number of hydrogen-bond donors (Lipinski definition) is 2. The molecular weight excluding hydrogens is 356 g/mol. The van der Waals surface area contributed by atoms with Crippen LogP contribution in [0.4, 0.5) is 0 Å². The monoisotopic (exact) mass is 384 g/mol. The number of aromatic nitrogens is 2. The smallest absolute Gasteiger partial charge is 0.217 e. The van der Waals surface area contributed by atoms with Crippen LogP contribution < -0.4 is 15.8 Å². The minimum atomic E-state index is -0.237. The summed E-state index contributed by atoms with van der Waals surface area (Å²) in [5.41, 5.74) is 7.25. The van der Waals surface area contributed by atoms with Gasteiger partial charge in [-0.05, 0) is 49.1 Å². The van der Waals surface area contributed by atoms with Crippen LogP contribution in [-0.2, 0) is 11.3 Å². The van der Waals surface area contributed by atoms with Crippen LogP contribution in [0.1, 0.15) is 25.0 Å². The number of primary amides is 1. The third kappa shape index (κ3) is 5.03. The fraction of sp³-hybridized carbons (Fsp3) is 0.450. The van der Waals surface area contributed by atoms with E-state index in [0.717, 1.165) is 49.0 Å². The highest BCUT2D eigenvalue weighted by molar-refractivity contribution is 5.80. The molecule has 1 fully saturated rings. The maximum Gasteiger partial charge on any atom is 0.217 e. The summed E-state index contributed by atoms with van der Waals surface area (Å²) in [4.78, 5) is 17.8. The second kappa shape index (κ2) is 9.25. The average molecular weight is 384 g/mol. The quantitative estimate of drug-likeness (QED) is 0.582. The summed E-state index contributed by atoms with van der Waals surface area (Å²) in [6.07, 6.45) is 4.43. The Morgan fingerprint density at radius 3 is 2.82 bits per heavy atom. The van der Waals surface area contributed by atoms with Crippen molar-refractivity contribution in [2.75, 3.05) is 27.2 Å². The van der Waals surface area contributed by atoms with Gasteiger partial charge in [0.15, 0.2) is 5.96 Å². The maximum absolute atomic E-state index is 11.2. The number of ether oxygens (including phenoxy) is 1. The van der Waals surface area contributed by atoms with E-state index in [2.05, 4.69) is 20.3 Å². The van der Waals surface area contributed by atoms with Crippen molar-refractivity contribution in [1.29, 1.82) is 0 Å². The SMILES string of the molecule is CN=C(NCc1ccn(-c2ccc(OC)cc2)n1)N1CCCC(CC(N)=O)C1. The normalized spacial score (nSPS) is 17.4. The molecular formula is C20H28N6O2. The van der Waals surface area contributed by atoms with Crippen molar-refractivity contribution in [1.82, 2.24) is 20.0 Å². The van der Waals surface area contributed by atoms with Gasteiger partial charge in [-0.1, -0.05) is 0 Å². The van der Waals surface area contributed by atoms with E-state index in [0.29, 0.717) is 18.9 Å². The number of nitrogens with one attached hydrogen (secondary N) is 1. The number of carbonyl (C=O) groups is 1. The topological polar surface area (TPSA) is 97.8 Å². The van der Waals surface area contributed by atoms with Gasteiger partial charge in [-0.25, -0.2) is 4.68 Å². The van der Waals surface area contributed by atoms with Crippen LogP contribution >= 0.6 is 0 Å². The Morgan fingerprint density at radius 1 is 1.36 bits per heavy atom. The molecule has 2 aromatic rings. The molecule has 1 saturated heterocycles. The van der Waals surface area contributed by atoms with E-state index in [1.807, 2.05) is 41.2 Å². The lowest BCUT2D eigenvalue weighted by Gasteiger charge is -2.34. The van der Waals surface area contributed by atoms with Gasteiger partial charge in [0.2, 0.25) is 5.91 Å². The summed E-state index contributed by atoms with van der Waals surface area (Å²) in [5.74, 6) is 1.70. The first kappa shape index (κ1) is 19.7. The van der Waals surface area contributed by atoms with E-state index in [4.69, 9.17) is 10.5 Å². The summed E-state index contributed by atoms with van der Waals surface area (Å²) in [6, 6.07) is 9.74. The molecule has 8 nitrogen and oxygen atoms in total. The lowest BCUT2D eigenvalue weighted by molar-refractivity contribution is -0.119. The molecule has 0 saturated carbocycles. The largest absolute Gasteiger partial charge is 0.497 e. The predicted molar refractivity (Wildman–Crippen MR) is 108 cm³/mol. The molecule has 3 N–H and O–H groups in total. The number of aliphatic imine (C=N–C) groups is 1. The molecule has 0 spiro atoms. The number of likely N-dealkylation sites (tertiary alicyclic amines) is 1. The van der Waals surface area contributed by atoms with Crippen LogP contribution in [0.5, 0.6) is 5.75 Å². The lowest BCUT2D eigenvalue weighted by atomic mass is 9.95. The van der Waals surface area contributed by atoms with E-state index in [1.54, 1.807) is 14.2 Å². The van der Waals surface area contributed by atoms with Crippen molar-refractivity contribution in [3.63, 3.8) is 0 Å². The molecule has 1 amide bonds. The summed E-state index contributed by atoms with van der Waals surface area (Å²) >= 11 is 0. The third-order valence-electron chi connectivity index (χ3n) is 4.93. The summed E-state index contributed by atoms with van der Waals surface area (Å²) < 4.78 is 7.03. The molecule has 28 heavy (non-hydrogen) atoms. The summed E-state index contributed by atoms with van der Waals surface area (Å²) in [5, 5.41) is 8.00. The van der Waals surface area contributed by atoms with Gasteiger partial charge in [0.1, 0.15) is 5.75 Å². The number of nitrogens with two attached hydrogens (primary N) is 1. The first-order valence-corrected chi connectivity index (χ1v) is 9.52. The van der Waals surface area contributed by atoms with Crippen LogP contribution in [0, 0.1) is 5.92 Å². The standard InChI is InChI=1S/C20H28N6O2/c1-22-20(25-10-3-4-15(14-25)12-19(21)27)23-13-16-9-11-26(24-16)17-5-7-18(28-2)8-6-17/h5-9,11,15H,3-4,10,12-14H2,1-2H3,(H2,21,27)(H,22,23). The van der Waals surface area contributed by atoms with Gasteiger partial charge in [-0.15, -0.1) is 0 Å². The highest BCUT2D eigenvalue weighted by Crippen LogP contribution is 2.19. The van der Waals surface area contributed by atoms with Gasteiger partial charge in [0.25, 0.3) is 0 Å². The molecule has 1 aromatic heterocycles. The molecule has 150 valence electrons. The average Bonchev–Trinajstić information content (AvgIpc) is 3.17. The van der Waals surface area contributed by atoms with Gasteiger partial charge in [-0.3, -0.25) is 9.79 Å². The second-order valence-electron chi connectivity index (χ2n) is 6.98. The van der Waals surface area contributed by atoms with E-state index in [1.165, 1.54) is 0 Å². The first-order valence-electron chi connectivity index (χ1n) is 9.52. The highest BCUT2D eigenvalue weighted by atomic mass is 16.5. The van der Waals surface area contributed by atoms with E-state index in [-0.39, 0.29) is 5.91 Å². The molecule has 1 aromatic carbocycles. The third-order valence-corrected chi connectivity index (χ3v) is 4.93. The second-order valence-corrected chi connectivity index (χ2v) is 6.98. The number of nitrogens with zero attached hydrogens (tertiary/aromatic N) is 4. The molecule has 0 aliphatic carbocycles. The molecule has 1 atom stereocenters. The molecule has 1 aliphatic rings. The Labute approximate surface area is 165 Å². The van der Waals surface area contributed by atoms with Crippen molar-refractivity contribution >= 4 is 11.9 Å². The van der Waals surface area contributed by atoms with Crippen molar-refractivity contribution in [3.05, 3.63) is 42.2 Å². The van der Waals surface area contributed by atoms with Crippen LogP contribution in [0.15, 0.2) is 41.5 Å². The molecule has 8 heteroatoms. The molecule has 3 rings (SSSR count). The van der Waals surface area contributed by atoms with Crippen molar-refractivity contribution in [2.45, 2.75) is 25.8 Å². The molecule has 0 bridgehead atoms. The van der Waals surface area contributed by atoms with Crippen LogP contribution in [0.25, 0.3) is 5.69 Å². The van der Waals surface area contributed by atoms with Crippen LogP contribution in [0.3, 0.4) is 0 Å². The number of guanidine groups is 1. The van der Waals surface area contributed by atoms with Crippen molar-refractivity contribution < 1.29 is 9.53 Å². The fourth-order valence-electron chi connectivity index (χ4n) is 3.55. The zero-order chi connectivity index (χ0) is 19.9. The van der Waals surface area contributed by atoms with E-state index in [9.17, 15) is 4.79 Å². The molecule has 0 radical (unpaired) electrons. The predicted octanol–water partition coefficient (Wildman–Crippen LogP) is 1.54. The van der Waals surface area contributed by atoms with Gasteiger partial charge in [0.05, 0.1) is 25.0 Å². The molecule has 2 heterocycles. The summed E-state index contributed by atoms with van der Waals surface area (Å²) in [7, 11) is 3.42. The molecule has 1 aliphatic heterocycles. The first-order chi connectivity index (χ1) is 13.6. The Hall–Kier alpha value is -3.03. The Kier molecular flexibility index (Phi) is 6.52. The minimum absolute atomic E-state index is 0.237. The summed E-state index contributed by atoms with van der Waals surface area (Å²) in [6.45, 7) is 2.30. The van der Waals surface area contributed by atoms with Gasteiger partial charge >= 0.3 is 0 Å². The van der Waals surface area contributed by atoms with Gasteiger partial charge < -0.3 is 20.7 Å². The number of methoxy groups -OCH3 is 1. The van der Waals surface area contributed by atoms with E-state index < -0.39 is 0 Å². The van der Waals surface area contributed by atoms with Gasteiger partial charge in [0, 0.05) is 32.8 Å². The number of rotatable bonds is 6. The highest BCUT2D eigenvalue weighted by Gasteiger charge is 2.23. The lowest BCUT2D eigenvalue weighted by Crippen LogP contribution is -2.47. The Morgan fingerprint density at radius 2 is 2.14 bits per heavy atom. The van der Waals surface area contributed by atoms with Gasteiger partial charge in [-0.2, -0.15) is 5.10 Å². The van der Waals surface area contributed by atoms with Crippen molar-refractivity contribution in [2.24, 2.45) is 16.6 Å². The maximum atomic E-state index is 11.2. The molecule has 1 unspecified atom stereocenters. The number of piperidine rings is 1. The zero-order valence-corrected chi connectivity index (χ0v) is 16.5. The van der Waals surface area contributed by atoms with Crippen LogP contribution in [-0.4, -0.2) is 53.8 Å². The number of benzene rings is 1. The Bertz CT molecular complexity index is 814. The fourth-order valence-corrected chi connectivity index (χ4v) is 3.55. The van der Waals surface area contributed by atoms with Crippen LogP contribution in [0.2, 0.25) is 0 Å². The Balaban J connectivity index is 1.58. The van der Waals surface area contributed by atoms with E-state index >= 15 is 0 Å².